The van der Waals surface area contributed by atoms with Crippen LogP contribution in [0.1, 0.15) is 29.8 Å². The zero-order valence-electron chi connectivity index (χ0n) is 12.9. The van der Waals surface area contributed by atoms with E-state index in [1.165, 1.54) is 5.56 Å². The molecule has 0 radical (unpaired) electrons. The van der Waals surface area contributed by atoms with Gasteiger partial charge in [0.2, 0.25) is 0 Å². The van der Waals surface area contributed by atoms with Crippen molar-refractivity contribution in [1.29, 1.82) is 0 Å². The molecular formula is C16H21N3OS. The van der Waals surface area contributed by atoms with Gasteiger partial charge in [-0.15, -0.1) is 0 Å². The van der Waals surface area contributed by atoms with Crippen molar-refractivity contribution >= 4 is 11.8 Å². The molecule has 0 bridgehead atoms. The Bertz CT molecular complexity index is 604. The van der Waals surface area contributed by atoms with E-state index < -0.39 is 0 Å². The Morgan fingerprint density at radius 3 is 2.81 bits per heavy atom. The van der Waals surface area contributed by atoms with E-state index in [0.29, 0.717) is 6.04 Å². The van der Waals surface area contributed by atoms with Gasteiger partial charge in [0.15, 0.2) is 5.16 Å². The zero-order valence-corrected chi connectivity index (χ0v) is 13.7. The molecule has 5 heteroatoms. The van der Waals surface area contributed by atoms with Crippen LogP contribution in [0.2, 0.25) is 0 Å². The number of hydrogen-bond acceptors (Lipinski definition) is 5. The van der Waals surface area contributed by atoms with Gasteiger partial charge in [0, 0.05) is 29.2 Å². The molecule has 0 fully saturated rings. The first kappa shape index (κ1) is 15.8. The first-order valence-corrected chi connectivity index (χ1v) is 7.89. The van der Waals surface area contributed by atoms with Crippen molar-refractivity contribution in [2.24, 2.45) is 0 Å². The SMILES string of the molecule is CNC(C)c1ccc(OC)c(CSc2nccc(C)n2)c1. The summed E-state index contributed by atoms with van der Waals surface area (Å²) in [5, 5.41) is 4.05. The van der Waals surface area contributed by atoms with E-state index in [0.717, 1.165) is 27.9 Å². The molecule has 1 atom stereocenters. The van der Waals surface area contributed by atoms with Gasteiger partial charge < -0.3 is 10.1 Å². The van der Waals surface area contributed by atoms with Crippen LogP contribution in [0.4, 0.5) is 0 Å². The van der Waals surface area contributed by atoms with E-state index in [1.54, 1.807) is 25.1 Å². The largest absolute Gasteiger partial charge is 0.496 e. The quantitative estimate of drug-likeness (QED) is 0.655. The highest BCUT2D eigenvalue weighted by Gasteiger charge is 2.09. The van der Waals surface area contributed by atoms with Crippen molar-refractivity contribution in [3.63, 3.8) is 0 Å². The number of aromatic nitrogens is 2. The van der Waals surface area contributed by atoms with Crippen molar-refractivity contribution in [2.45, 2.75) is 30.8 Å². The third kappa shape index (κ3) is 4.19. The normalized spacial score (nSPS) is 12.2. The van der Waals surface area contributed by atoms with Crippen molar-refractivity contribution in [3.05, 3.63) is 47.3 Å². The lowest BCUT2D eigenvalue weighted by Crippen LogP contribution is -2.12. The van der Waals surface area contributed by atoms with Gasteiger partial charge in [-0.1, -0.05) is 17.8 Å². The Kier molecular flexibility index (Phi) is 5.59. The van der Waals surface area contributed by atoms with E-state index in [-0.39, 0.29) is 0 Å². The molecule has 1 N–H and O–H groups in total. The van der Waals surface area contributed by atoms with Crippen molar-refractivity contribution < 1.29 is 4.74 Å². The number of thioether (sulfide) groups is 1. The third-order valence-corrected chi connectivity index (χ3v) is 4.28. The molecule has 0 aliphatic carbocycles. The Labute approximate surface area is 130 Å². The summed E-state index contributed by atoms with van der Waals surface area (Å²) < 4.78 is 5.45. The maximum Gasteiger partial charge on any atom is 0.188 e. The van der Waals surface area contributed by atoms with Crippen LogP contribution < -0.4 is 10.1 Å². The monoisotopic (exact) mass is 303 g/mol. The van der Waals surface area contributed by atoms with E-state index in [4.69, 9.17) is 4.74 Å². The molecule has 0 aliphatic rings. The molecule has 4 nitrogen and oxygen atoms in total. The summed E-state index contributed by atoms with van der Waals surface area (Å²) in [6.07, 6.45) is 1.79. The van der Waals surface area contributed by atoms with Gasteiger partial charge in [-0.25, -0.2) is 9.97 Å². The summed E-state index contributed by atoms with van der Waals surface area (Å²) in [6, 6.07) is 8.52. The summed E-state index contributed by atoms with van der Waals surface area (Å²) in [4.78, 5) is 8.70. The molecular weight excluding hydrogens is 282 g/mol. The average molecular weight is 303 g/mol. The molecule has 1 heterocycles. The molecule has 0 amide bonds. The average Bonchev–Trinajstić information content (AvgIpc) is 2.52. The summed E-state index contributed by atoms with van der Waals surface area (Å²) in [7, 11) is 3.66. The number of methoxy groups -OCH3 is 1. The highest BCUT2D eigenvalue weighted by atomic mass is 32.2. The second kappa shape index (κ2) is 7.43. The zero-order chi connectivity index (χ0) is 15.2. The topological polar surface area (TPSA) is 47.0 Å². The Hall–Kier alpha value is -1.59. The maximum absolute atomic E-state index is 5.45. The van der Waals surface area contributed by atoms with E-state index >= 15 is 0 Å². The van der Waals surface area contributed by atoms with Gasteiger partial charge in [-0.05, 0) is 44.7 Å². The summed E-state index contributed by atoms with van der Waals surface area (Å²) in [6.45, 7) is 4.12. The van der Waals surface area contributed by atoms with Crippen LogP contribution in [0, 0.1) is 6.92 Å². The molecule has 112 valence electrons. The highest BCUT2D eigenvalue weighted by Crippen LogP contribution is 2.28. The van der Waals surface area contributed by atoms with Crippen LogP contribution in [0.25, 0.3) is 0 Å². The minimum absolute atomic E-state index is 0.315. The standard InChI is InChI=1S/C16H21N3OS/c1-11-7-8-18-16(19-11)21-10-14-9-13(12(2)17-3)5-6-15(14)20-4/h5-9,12,17H,10H2,1-4H3. The fourth-order valence-corrected chi connectivity index (χ4v) is 2.84. The molecule has 1 aromatic heterocycles. The number of hydrogen-bond donors (Lipinski definition) is 1. The lowest BCUT2D eigenvalue weighted by Gasteiger charge is -2.14. The highest BCUT2D eigenvalue weighted by molar-refractivity contribution is 7.98. The molecule has 0 spiro atoms. The fourth-order valence-electron chi connectivity index (χ4n) is 1.99. The first-order chi connectivity index (χ1) is 10.1. The Balaban J connectivity index is 2.17. The molecule has 2 aromatic rings. The van der Waals surface area contributed by atoms with Crippen molar-refractivity contribution in [1.82, 2.24) is 15.3 Å². The number of nitrogens with one attached hydrogen (secondary N) is 1. The van der Waals surface area contributed by atoms with Crippen molar-refractivity contribution in [3.8, 4) is 5.75 Å². The van der Waals surface area contributed by atoms with Gasteiger partial charge in [0.05, 0.1) is 7.11 Å². The van der Waals surface area contributed by atoms with E-state index in [1.807, 2.05) is 26.1 Å². The number of nitrogens with zero attached hydrogens (tertiary/aromatic N) is 2. The van der Waals surface area contributed by atoms with Gasteiger partial charge in [0.25, 0.3) is 0 Å². The number of aryl methyl sites for hydroxylation is 1. The minimum Gasteiger partial charge on any atom is -0.496 e. The Morgan fingerprint density at radius 1 is 1.33 bits per heavy atom. The number of ether oxygens (including phenoxy) is 1. The van der Waals surface area contributed by atoms with Crippen molar-refractivity contribution in [2.75, 3.05) is 14.2 Å². The van der Waals surface area contributed by atoms with Gasteiger partial charge in [-0.2, -0.15) is 0 Å². The van der Waals surface area contributed by atoms with Gasteiger partial charge in [-0.3, -0.25) is 0 Å². The van der Waals surface area contributed by atoms with Gasteiger partial charge >= 0.3 is 0 Å². The second-order valence-electron chi connectivity index (χ2n) is 4.85. The van der Waals surface area contributed by atoms with Crippen LogP contribution >= 0.6 is 11.8 Å². The smallest absolute Gasteiger partial charge is 0.188 e. The van der Waals surface area contributed by atoms with Gasteiger partial charge in [0.1, 0.15) is 5.75 Å². The maximum atomic E-state index is 5.45. The summed E-state index contributed by atoms with van der Waals surface area (Å²) in [5.41, 5.74) is 3.39. The second-order valence-corrected chi connectivity index (χ2v) is 5.79. The predicted molar refractivity (Wildman–Crippen MR) is 86.8 cm³/mol. The lowest BCUT2D eigenvalue weighted by atomic mass is 10.1. The van der Waals surface area contributed by atoms with E-state index in [2.05, 4.69) is 34.3 Å². The van der Waals surface area contributed by atoms with Crippen LogP contribution in [-0.2, 0) is 5.75 Å². The first-order valence-electron chi connectivity index (χ1n) is 6.90. The molecule has 21 heavy (non-hydrogen) atoms. The lowest BCUT2D eigenvalue weighted by molar-refractivity contribution is 0.411. The minimum atomic E-state index is 0.315. The summed E-state index contributed by atoms with van der Waals surface area (Å²) >= 11 is 1.62. The molecule has 0 saturated heterocycles. The molecule has 1 unspecified atom stereocenters. The molecule has 2 rings (SSSR count). The van der Waals surface area contributed by atoms with E-state index in [9.17, 15) is 0 Å². The number of rotatable bonds is 6. The van der Waals surface area contributed by atoms with Crippen LogP contribution in [0.5, 0.6) is 5.75 Å². The summed E-state index contributed by atoms with van der Waals surface area (Å²) in [5.74, 6) is 1.69. The third-order valence-electron chi connectivity index (χ3n) is 3.37. The fraction of sp³-hybridized carbons (Fsp3) is 0.375. The molecule has 1 aromatic carbocycles. The molecule has 0 saturated carbocycles. The van der Waals surface area contributed by atoms with Crippen LogP contribution in [0.15, 0.2) is 35.6 Å². The number of benzene rings is 1. The molecule has 0 aliphatic heterocycles. The van der Waals surface area contributed by atoms with Crippen LogP contribution in [-0.4, -0.2) is 24.1 Å². The van der Waals surface area contributed by atoms with Crippen LogP contribution in [0.3, 0.4) is 0 Å². The predicted octanol–water partition coefficient (Wildman–Crippen LogP) is 3.37. The Morgan fingerprint density at radius 2 is 2.14 bits per heavy atom.